The fourth-order valence-corrected chi connectivity index (χ4v) is 5.22. The SMILES string of the molecule is CN(C)[P+](On1nnc2ccccc21)(N(C)C)N(C)C.O=P([O-])([O-])O.[PH4+]. The van der Waals surface area contributed by atoms with Gasteiger partial charge in [-0.2, -0.15) is 4.62 Å². The molecule has 26 heavy (non-hydrogen) atoms. The van der Waals surface area contributed by atoms with Crippen LogP contribution in [0.15, 0.2) is 24.3 Å². The second-order valence-electron chi connectivity index (χ2n) is 5.56. The van der Waals surface area contributed by atoms with E-state index >= 15 is 0 Å². The molecule has 150 valence electrons. The highest BCUT2D eigenvalue weighted by Gasteiger charge is 2.54. The lowest BCUT2D eigenvalue weighted by Gasteiger charge is -2.35. The van der Waals surface area contributed by atoms with Crippen LogP contribution in [0.3, 0.4) is 0 Å². The van der Waals surface area contributed by atoms with Gasteiger partial charge in [0.2, 0.25) is 0 Å². The molecule has 1 aromatic heterocycles. The molecular weight excluding hydrogens is 401 g/mol. The average Bonchev–Trinajstić information content (AvgIpc) is 2.84. The van der Waals surface area contributed by atoms with E-state index in [0.717, 1.165) is 11.0 Å². The van der Waals surface area contributed by atoms with Crippen LogP contribution in [0.5, 0.6) is 0 Å². The van der Waals surface area contributed by atoms with Crippen LogP contribution in [-0.4, -0.2) is 76.3 Å². The third-order valence-electron chi connectivity index (χ3n) is 3.07. The van der Waals surface area contributed by atoms with Gasteiger partial charge < -0.3 is 19.2 Å². The van der Waals surface area contributed by atoms with Crippen molar-refractivity contribution in [2.75, 3.05) is 42.3 Å². The molecule has 0 amide bonds. The lowest BCUT2D eigenvalue weighted by molar-refractivity contribution is -0.337. The summed E-state index contributed by atoms with van der Waals surface area (Å²) in [5.74, 6) is 0. The van der Waals surface area contributed by atoms with Gasteiger partial charge in [0.25, 0.3) is 0 Å². The normalized spacial score (nSPS) is 12.2. The minimum atomic E-state index is -5.14. The number of nitrogens with zero attached hydrogens (tertiary/aromatic N) is 6. The largest absolute Gasteiger partial charge is 0.790 e. The lowest BCUT2D eigenvalue weighted by atomic mass is 10.3. The Morgan fingerprint density at radius 2 is 1.50 bits per heavy atom. The molecule has 0 radical (unpaired) electrons. The zero-order valence-electron chi connectivity index (χ0n) is 16.0. The average molecular weight is 428 g/mol. The minimum absolute atomic E-state index is 0. The first-order valence-electron chi connectivity index (χ1n) is 7.07. The van der Waals surface area contributed by atoms with E-state index in [2.05, 4.69) is 24.3 Å². The molecule has 1 N–H and O–H groups in total. The van der Waals surface area contributed by atoms with Gasteiger partial charge in [0, 0.05) is 42.3 Å². The van der Waals surface area contributed by atoms with Crippen molar-refractivity contribution in [3.63, 3.8) is 0 Å². The first-order valence-corrected chi connectivity index (χ1v) is 10.1. The molecule has 0 aliphatic heterocycles. The van der Waals surface area contributed by atoms with E-state index in [1.807, 2.05) is 66.6 Å². The molecule has 1 unspecified atom stereocenters. The summed E-state index contributed by atoms with van der Waals surface area (Å²) in [7, 11) is 4.76. The maximum atomic E-state index is 8.66. The number of hydrogen-bond acceptors (Lipinski definition) is 9. The third-order valence-corrected chi connectivity index (χ3v) is 6.57. The Hall–Kier alpha value is -0.730. The van der Waals surface area contributed by atoms with E-state index in [4.69, 9.17) is 23.9 Å². The van der Waals surface area contributed by atoms with Crippen LogP contribution < -0.4 is 14.4 Å². The van der Waals surface area contributed by atoms with Crippen LogP contribution in [0.1, 0.15) is 0 Å². The van der Waals surface area contributed by atoms with Crippen LogP contribution in [0.25, 0.3) is 11.0 Å². The predicted octanol–water partition coefficient (Wildman–Crippen LogP) is -1.18. The summed E-state index contributed by atoms with van der Waals surface area (Å²) >= 11 is 0. The first-order chi connectivity index (χ1) is 11.4. The van der Waals surface area contributed by atoms with E-state index in [1.54, 1.807) is 0 Å². The zero-order valence-corrected chi connectivity index (χ0v) is 19.8. The summed E-state index contributed by atoms with van der Waals surface area (Å²) in [5, 5.41) is 8.25. The van der Waals surface area contributed by atoms with E-state index in [1.165, 1.54) is 4.85 Å². The molecule has 0 bridgehead atoms. The smallest absolute Gasteiger partial charge is 0.449 e. The highest BCUT2D eigenvalue weighted by Crippen LogP contribution is 2.61. The molecule has 0 spiro atoms. The number of hydrogen-bond donors (Lipinski definition) is 1. The van der Waals surface area contributed by atoms with Crippen LogP contribution in [0, 0.1) is 0 Å². The van der Waals surface area contributed by atoms with Gasteiger partial charge in [-0.3, -0.25) is 0 Å². The standard InChI is InChI=1S/C12H22N6OP.H3O4P.H3P/c1-15(2)20(16(3)4,17(5)6)19-18-12-10-8-7-9-11(12)13-14-18;1-5(2,3)4;/h7-10H,1-6H3;(H3,1,2,3,4);1H3/q+1;;/p-1. The van der Waals surface area contributed by atoms with Gasteiger partial charge in [-0.15, -0.1) is 19.1 Å². The molecule has 1 heterocycles. The molecule has 0 aliphatic carbocycles. The monoisotopic (exact) mass is 428 g/mol. The highest BCUT2D eigenvalue weighted by molar-refractivity contribution is 7.64. The summed E-state index contributed by atoms with van der Waals surface area (Å²) in [6, 6.07) is 7.76. The number of rotatable bonds is 5. The number of para-hydroxylation sites is 1. The Bertz CT molecular complexity index is 705. The maximum absolute atomic E-state index is 8.66. The topological polar surface area (TPSA) is 133 Å². The molecule has 0 fully saturated rings. The molecule has 1 atom stereocenters. The van der Waals surface area contributed by atoms with Crippen molar-refractivity contribution in [1.82, 2.24) is 29.2 Å². The Labute approximate surface area is 156 Å². The Morgan fingerprint density at radius 1 is 1.08 bits per heavy atom. The van der Waals surface area contributed by atoms with Gasteiger partial charge in [-0.1, -0.05) is 12.1 Å². The van der Waals surface area contributed by atoms with Crippen molar-refractivity contribution < 1.29 is 23.9 Å². The van der Waals surface area contributed by atoms with E-state index in [9.17, 15) is 0 Å². The molecular formula is C12H27N6O5P3. The Morgan fingerprint density at radius 3 is 1.92 bits per heavy atom. The number of benzene rings is 1. The fraction of sp³-hybridized carbons (Fsp3) is 0.500. The van der Waals surface area contributed by atoms with Gasteiger partial charge in [-0.25, -0.2) is 0 Å². The van der Waals surface area contributed by atoms with E-state index in [-0.39, 0.29) is 9.90 Å². The summed E-state index contributed by atoms with van der Waals surface area (Å²) in [6.07, 6.45) is 0. The molecule has 14 heteroatoms. The van der Waals surface area contributed by atoms with Gasteiger partial charge in [0.15, 0.2) is 0 Å². The van der Waals surface area contributed by atoms with Crippen LogP contribution in [0.2, 0.25) is 0 Å². The molecule has 2 rings (SSSR count). The molecule has 2 aromatic rings. The van der Waals surface area contributed by atoms with Crippen LogP contribution >= 0.6 is 25.7 Å². The van der Waals surface area contributed by atoms with Crippen molar-refractivity contribution in [2.24, 2.45) is 0 Å². The van der Waals surface area contributed by atoms with Crippen molar-refractivity contribution in [1.29, 1.82) is 0 Å². The molecule has 0 aliphatic rings. The van der Waals surface area contributed by atoms with Gasteiger partial charge in [0.05, 0.1) is 7.82 Å². The highest BCUT2D eigenvalue weighted by atomic mass is 31.2. The number of aromatic nitrogens is 3. The lowest BCUT2D eigenvalue weighted by Crippen LogP contribution is -2.42. The number of fused-ring (bicyclic) bond motifs is 1. The third kappa shape index (κ3) is 6.46. The minimum Gasteiger partial charge on any atom is -0.790 e. The van der Waals surface area contributed by atoms with Gasteiger partial charge in [0.1, 0.15) is 11.0 Å². The van der Waals surface area contributed by atoms with Crippen LogP contribution in [0.4, 0.5) is 0 Å². The second kappa shape index (κ2) is 9.99. The fourth-order valence-electron chi connectivity index (χ4n) is 2.30. The molecule has 0 saturated heterocycles. The zero-order chi connectivity index (χ0) is 19.4. The second-order valence-corrected chi connectivity index (χ2v) is 10.1. The molecule has 1 aromatic carbocycles. The summed E-state index contributed by atoms with van der Waals surface area (Å²) < 4.78 is 21.2. The summed E-state index contributed by atoms with van der Waals surface area (Å²) in [5.41, 5.74) is 1.68. The van der Waals surface area contributed by atoms with Gasteiger partial charge in [-0.05, 0) is 32.1 Å². The molecule has 11 nitrogen and oxygen atoms in total. The predicted molar refractivity (Wildman–Crippen MR) is 104 cm³/mol. The van der Waals surface area contributed by atoms with E-state index in [0.29, 0.717) is 0 Å². The maximum Gasteiger partial charge on any atom is 0.449 e. The van der Waals surface area contributed by atoms with Crippen molar-refractivity contribution in [3.05, 3.63) is 24.3 Å². The van der Waals surface area contributed by atoms with Crippen molar-refractivity contribution in [3.8, 4) is 0 Å². The summed E-state index contributed by atoms with van der Waals surface area (Å²) in [6.45, 7) is 0. The number of phosphoric acid groups is 1. The van der Waals surface area contributed by atoms with Gasteiger partial charge >= 0.3 is 7.94 Å². The molecule has 0 saturated carbocycles. The Balaban J connectivity index is 0.000000923. The first kappa shape index (κ1) is 25.3. The summed E-state index contributed by atoms with van der Waals surface area (Å²) in [4.78, 5) is 25.8. The van der Waals surface area contributed by atoms with Crippen LogP contribution in [-0.2, 0) is 4.57 Å². The Kier molecular flexibility index (Phi) is 9.71. The van der Waals surface area contributed by atoms with Crippen molar-refractivity contribution >= 4 is 36.7 Å². The van der Waals surface area contributed by atoms with Crippen molar-refractivity contribution in [2.45, 2.75) is 0 Å². The van der Waals surface area contributed by atoms with E-state index < -0.39 is 15.8 Å². The quantitative estimate of drug-likeness (QED) is 0.580.